The Bertz CT molecular complexity index is 489. The highest BCUT2D eigenvalue weighted by Gasteiger charge is 2.09. The first-order chi connectivity index (χ1) is 7.58. The first kappa shape index (κ1) is 11.7. The third-order valence-electron chi connectivity index (χ3n) is 1.81. The number of hydrogen-bond acceptors (Lipinski definition) is 3. The number of nitriles is 1. The van der Waals surface area contributed by atoms with Crippen molar-refractivity contribution in [2.75, 3.05) is 7.11 Å². The van der Waals surface area contributed by atoms with Crippen LogP contribution in [0.25, 0.3) is 6.08 Å². The van der Waals surface area contributed by atoms with E-state index in [2.05, 4.69) is 0 Å². The summed E-state index contributed by atoms with van der Waals surface area (Å²) in [5, 5.41) is 17.1. The Morgan fingerprint density at radius 3 is 2.81 bits per heavy atom. The fourth-order valence-corrected chi connectivity index (χ4v) is 1.18. The van der Waals surface area contributed by atoms with Crippen LogP contribution in [-0.4, -0.2) is 18.2 Å². The van der Waals surface area contributed by atoms with Gasteiger partial charge in [0.05, 0.1) is 18.7 Å². The standard InChI is InChI=1S/C11H8FNO3/c1-16-11-8(2-3-10(14)15)4-7(6-13)5-9(11)12/h2-5H,1H3,(H,14,15)/b3-2+. The summed E-state index contributed by atoms with van der Waals surface area (Å²) in [5.74, 6) is -1.95. The summed E-state index contributed by atoms with van der Waals surface area (Å²) in [6.45, 7) is 0. The summed E-state index contributed by atoms with van der Waals surface area (Å²) in [5.41, 5.74) is 0.310. The van der Waals surface area contributed by atoms with Crippen molar-refractivity contribution in [3.8, 4) is 11.8 Å². The van der Waals surface area contributed by atoms with Crippen LogP contribution in [0.2, 0.25) is 0 Å². The summed E-state index contributed by atoms with van der Waals surface area (Å²) in [6, 6.07) is 4.14. The van der Waals surface area contributed by atoms with E-state index in [0.29, 0.717) is 0 Å². The minimum atomic E-state index is -1.16. The number of rotatable bonds is 3. The van der Waals surface area contributed by atoms with E-state index in [0.717, 1.165) is 12.1 Å². The third-order valence-corrected chi connectivity index (χ3v) is 1.81. The van der Waals surface area contributed by atoms with E-state index in [1.54, 1.807) is 6.07 Å². The molecule has 0 aliphatic carbocycles. The quantitative estimate of drug-likeness (QED) is 0.790. The van der Waals surface area contributed by atoms with Gasteiger partial charge in [-0.3, -0.25) is 0 Å². The summed E-state index contributed by atoms with van der Waals surface area (Å²) < 4.78 is 18.1. The predicted molar refractivity (Wildman–Crippen MR) is 54.3 cm³/mol. The molecular formula is C11H8FNO3. The zero-order chi connectivity index (χ0) is 12.1. The molecule has 0 unspecified atom stereocenters. The van der Waals surface area contributed by atoms with Gasteiger partial charge in [-0.2, -0.15) is 5.26 Å². The zero-order valence-electron chi connectivity index (χ0n) is 8.40. The highest BCUT2D eigenvalue weighted by Crippen LogP contribution is 2.25. The maximum atomic E-state index is 13.4. The summed E-state index contributed by atoms with van der Waals surface area (Å²) >= 11 is 0. The van der Waals surface area contributed by atoms with Gasteiger partial charge in [-0.1, -0.05) is 0 Å². The van der Waals surface area contributed by atoms with Gasteiger partial charge in [-0.15, -0.1) is 0 Å². The minimum absolute atomic E-state index is 0.0866. The van der Waals surface area contributed by atoms with Crippen molar-refractivity contribution in [3.05, 3.63) is 35.2 Å². The monoisotopic (exact) mass is 221 g/mol. The smallest absolute Gasteiger partial charge is 0.328 e. The molecule has 0 heterocycles. The highest BCUT2D eigenvalue weighted by molar-refractivity contribution is 5.86. The molecule has 0 aliphatic heterocycles. The Balaban J connectivity index is 3.29. The van der Waals surface area contributed by atoms with Crippen LogP contribution in [0.3, 0.4) is 0 Å². The van der Waals surface area contributed by atoms with Gasteiger partial charge in [0.25, 0.3) is 0 Å². The van der Waals surface area contributed by atoms with Crippen molar-refractivity contribution in [3.63, 3.8) is 0 Å². The molecule has 1 rings (SSSR count). The molecule has 0 spiro atoms. The number of carboxylic acids is 1. The maximum absolute atomic E-state index is 13.4. The number of halogens is 1. The van der Waals surface area contributed by atoms with E-state index < -0.39 is 11.8 Å². The lowest BCUT2D eigenvalue weighted by atomic mass is 10.1. The van der Waals surface area contributed by atoms with Crippen molar-refractivity contribution >= 4 is 12.0 Å². The van der Waals surface area contributed by atoms with Crippen LogP contribution in [0.5, 0.6) is 5.75 Å². The molecule has 4 nitrogen and oxygen atoms in total. The van der Waals surface area contributed by atoms with Gasteiger partial charge in [-0.05, 0) is 18.2 Å². The molecule has 0 amide bonds. The van der Waals surface area contributed by atoms with E-state index in [4.69, 9.17) is 15.1 Å². The van der Waals surface area contributed by atoms with Gasteiger partial charge in [0.15, 0.2) is 11.6 Å². The summed E-state index contributed by atoms with van der Waals surface area (Å²) in [6.07, 6.45) is 2.02. The molecule has 1 aromatic rings. The second kappa shape index (κ2) is 4.94. The van der Waals surface area contributed by atoms with Gasteiger partial charge in [0.1, 0.15) is 0 Å². The van der Waals surface area contributed by atoms with Gasteiger partial charge >= 0.3 is 5.97 Å². The molecule has 1 aromatic carbocycles. The Morgan fingerprint density at radius 1 is 1.62 bits per heavy atom. The number of methoxy groups -OCH3 is 1. The molecule has 0 atom stereocenters. The second-order valence-electron chi connectivity index (χ2n) is 2.86. The average Bonchev–Trinajstić information content (AvgIpc) is 2.25. The molecule has 0 radical (unpaired) electrons. The lowest BCUT2D eigenvalue weighted by Gasteiger charge is -2.06. The molecule has 82 valence electrons. The van der Waals surface area contributed by atoms with Crippen LogP contribution < -0.4 is 4.74 Å². The van der Waals surface area contributed by atoms with E-state index in [1.165, 1.54) is 19.3 Å². The Kier molecular flexibility index (Phi) is 3.62. The van der Waals surface area contributed by atoms with E-state index in [-0.39, 0.29) is 16.9 Å². The Morgan fingerprint density at radius 2 is 2.31 bits per heavy atom. The van der Waals surface area contributed by atoms with Crippen LogP contribution in [0, 0.1) is 17.1 Å². The Hall–Kier alpha value is -2.35. The molecule has 0 aromatic heterocycles. The van der Waals surface area contributed by atoms with Crippen LogP contribution in [0.1, 0.15) is 11.1 Å². The molecule has 0 aliphatic rings. The van der Waals surface area contributed by atoms with Crippen LogP contribution in [0.4, 0.5) is 4.39 Å². The van der Waals surface area contributed by atoms with Crippen LogP contribution in [0.15, 0.2) is 18.2 Å². The SMILES string of the molecule is COc1c(F)cc(C#N)cc1/C=C/C(=O)O. The zero-order valence-corrected chi connectivity index (χ0v) is 8.40. The first-order valence-electron chi connectivity index (χ1n) is 4.27. The van der Waals surface area contributed by atoms with Gasteiger partial charge < -0.3 is 9.84 Å². The van der Waals surface area contributed by atoms with E-state index in [9.17, 15) is 9.18 Å². The molecule has 5 heteroatoms. The molecule has 0 saturated heterocycles. The molecule has 16 heavy (non-hydrogen) atoms. The number of hydrogen-bond donors (Lipinski definition) is 1. The Labute approximate surface area is 91.2 Å². The predicted octanol–water partition coefficient (Wildman–Crippen LogP) is 1.80. The fourth-order valence-electron chi connectivity index (χ4n) is 1.18. The lowest BCUT2D eigenvalue weighted by molar-refractivity contribution is -0.131. The normalized spacial score (nSPS) is 10.1. The summed E-state index contributed by atoms with van der Waals surface area (Å²) in [4.78, 5) is 10.3. The topological polar surface area (TPSA) is 70.3 Å². The number of carboxylic acid groups (broad SMARTS) is 1. The molecular weight excluding hydrogens is 213 g/mol. The van der Waals surface area contributed by atoms with Gasteiger partial charge in [-0.25, -0.2) is 9.18 Å². The molecule has 0 fully saturated rings. The van der Waals surface area contributed by atoms with Gasteiger partial charge in [0, 0.05) is 11.6 Å². The summed E-state index contributed by atoms with van der Waals surface area (Å²) in [7, 11) is 1.27. The van der Waals surface area contributed by atoms with Crippen molar-refractivity contribution < 1.29 is 19.0 Å². The molecule has 1 N–H and O–H groups in total. The van der Waals surface area contributed by atoms with E-state index in [1.807, 2.05) is 0 Å². The molecule has 0 bridgehead atoms. The number of nitrogens with zero attached hydrogens (tertiary/aromatic N) is 1. The number of carbonyl (C=O) groups is 1. The maximum Gasteiger partial charge on any atom is 0.328 e. The molecule has 0 saturated carbocycles. The largest absolute Gasteiger partial charge is 0.493 e. The first-order valence-corrected chi connectivity index (χ1v) is 4.27. The van der Waals surface area contributed by atoms with E-state index >= 15 is 0 Å². The van der Waals surface area contributed by atoms with Crippen molar-refractivity contribution in [2.45, 2.75) is 0 Å². The average molecular weight is 221 g/mol. The fraction of sp³-hybridized carbons (Fsp3) is 0.0909. The number of aliphatic carboxylic acids is 1. The minimum Gasteiger partial charge on any atom is -0.493 e. The third kappa shape index (κ3) is 2.58. The number of benzene rings is 1. The van der Waals surface area contributed by atoms with Crippen molar-refractivity contribution in [2.24, 2.45) is 0 Å². The lowest BCUT2D eigenvalue weighted by Crippen LogP contribution is -1.94. The van der Waals surface area contributed by atoms with Crippen LogP contribution in [-0.2, 0) is 4.79 Å². The van der Waals surface area contributed by atoms with Crippen molar-refractivity contribution in [1.82, 2.24) is 0 Å². The second-order valence-corrected chi connectivity index (χ2v) is 2.86. The van der Waals surface area contributed by atoms with Crippen LogP contribution >= 0.6 is 0 Å². The van der Waals surface area contributed by atoms with Gasteiger partial charge in [0.2, 0.25) is 0 Å². The highest BCUT2D eigenvalue weighted by atomic mass is 19.1. The number of ether oxygens (including phenoxy) is 1. The van der Waals surface area contributed by atoms with Crippen molar-refractivity contribution in [1.29, 1.82) is 5.26 Å².